The summed E-state index contributed by atoms with van der Waals surface area (Å²) in [6, 6.07) is 0. The number of aromatic nitrogens is 2. The summed E-state index contributed by atoms with van der Waals surface area (Å²) in [6.07, 6.45) is 7.09. The molecule has 1 heterocycles. The third-order valence-corrected chi connectivity index (χ3v) is 4.03. The Morgan fingerprint density at radius 3 is 2.37 bits per heavy atom. The Balaban J connectivity index is 2.29. The maximum absolute atomic E-state index is 4.72. The van der Waals surface area contributed by atoms with Crippen molar-refractivity contribution in [3.8, 4) is 0 Å². The highest BCUT2D eigenvalue weighted by Gasteiger charge is 2.29. The van der Waals surface area contributed by atoms with E-state index in [0.717, 1.165) is 35.9 Å². The van der Waals surface area contributed by atoms with Crippen LogP contribution in [-0.2, 0) is 6.42 Å². The van der Waals surface area contributed by atoms with Gasteiger partial charge in [-0.05, 0) is 33.1 Å². The highest BCUT2D eigenvalue weighted by molar-refractivity contribution is 5.58. The van der Waals surface area contributed by atoms with Crippen molar-refractivity contribution >= 4 is 11.6 Å². The van der Waals surface area contributed by atoms with Crippen LogP contribution in [0.25, 0.3) is 0 Å². The zero-order valence-corrected chi connectivity index (χ0v) is 12.6. The van der Waals surface area contributed by atoms with E-state index in [4.69, 9.17) is 4.98 Å². The third kappa shape index (κ3) is 3.17. The van der Waals surface area contributed by atoms with Gasteiger partial charge in [0.15, 0.2) is 0 Å². The van der Waals surface area contributed by atoms with E-state index in [2.05, 4.69) is 36.4 Å². The van der Waals surface area contributed by atoms with Crippen LogP contribution in [0.4, 0.5) is 11.6 Å². The maximum atomic E-state index is 4.72. The minimum absolute atomic E-state index is 0.202. The zero-order chi connectivity index (χ0) is 13.9. The molecule has 0 amide bonds. The van der Waals surface area contributed by atoms with Crippen LogP contribution in [0.1, 0.15) is 57.3 Å². The summed E-state index contributed by atoms with van der Waals surface area (Å²) in [6.45, 7) is 6.55. The topological polar surface area (TPSA) is 49.8 Å². The second-order valence-electron chi connectivity index (χ2n) is 5.85. The van der Waals surface area contributed by atoms with Crippen LogP contribution in [0.5, 0.6) is 0 Å². The Labute approximate surface area is 116 Å². The van der Waals surface area contributed by atoms with Crippen molar-refractivity contribution in [2.24, 2.45) is 0 Å². The van der Waals surface area contributed by atoms with Gasteiger partial charge in [-0.2, -0.15) is 0 Å². The van der Waals surface area contributed by atoms with E-state index < -0.39 is 0 Å². The summed E-state index contributed by atoms with van der Waals surface area (Å²) < 4.78 is 0. The minimum Gasteiger partial charge on any atom is -0.373 e. The van der Waals surface area contributed by atoms with E-state index in [1.54, 1.807) is 0 Å². The normalized spacial score (nSPS) is 17.5. The molecule has 1 aliphatic rings. The lowest BCUT2D eigenvalue weighted by atomic mass is 10.0. The van der Waals surface area contributed by atoms with Crippen LogP contribution in [0, 0.1) is 6.92 Å². The molecule has 1 saturated carbocycles. The number of anilines is 2. The zero-order valence-electron chi connectivity index (χ0n) is 12.6. The number of hydrogen-bond donors (Lipinski definition) is 2. The van der Waals surface area contributed by atoms with Crippen LogP contribution in [0.2, 0.25) is 0 Å². The summed E-state index contributed by atoms with van der Waals surface area (Å²) >= 11 is 0. The quantitative estimate of drug-likeness (QED) is 0.852. The molecular weight excluding hydrogens is 236 g/mol. The highest BCUT2D eigenvalue weighted by Crippen LogP contribution is 2.33. The van der Waals surface area contributed by atoms with Crippen LogP contribution < -0.4 is 10.6 Å². The molecule has 0 aliphatic heterocycles. The number of nitrogens with zero attached hydrogens (tertiary/aromatic N) is 2. The summed E-state index contributed by atoms with van der Waals surface area (Å²) in [4.78, 5) is 9.29. The van der Waals surface area contributed by atoms with Gasteiger partial charge in [0, 0.05) is 24.6 Å². The second-order valence-corrected chi connectivity index (χ2v) is 5.85. The molecule has 106 valence electrons. The van der Waals surface area contributed by atoms with Crippen LogP contribution in [0.3, 0.4) is 0 Å². The Bertz CT molecular complexity index is 436. The van der Waals surface area contributed by atoms with Gasteiger partial charge in [0.1, 0.15) is 17.5 Å². The maximum Gasteiger partial charge on any atom is 0.135 e. The fraction of sp³-hybridized carbons (Fsp3) is 0.733. The van der Waals surface area contributed by atoms with Crippen molar-refractivity contribution in [2.75, 3.05) is 17.7 Å². The molecular formula is C15H26N4. The molecule has 4 heteroatoms. The average Bonchev–Trinajstić information content (AvgIpc) is 2.80. The molecule has 0 atom stereocenters. The first-order valence-electron chi connectivity index (χ1n) is 7.41. The van der Waals surface area contributed by atoms with Crippen molar-refractivity contribution in [1.82, 2.24) is 9.97 Å². The molecule has 2 rings (SSSR count). The molecule has 0 aromatic carbocycles. The Morgan fingerprint density at radius 2 is 1.79 bits per heavy atom. The fourth-order valence-electron chi connectivity index (χ4n) is 2.83. The number of rotatable bonds is 5. The highest BCUT2D eigenvalue weighted by atomic mass is 15.1. The van der Waals surface area contributed by atoms with Crippen LogP contribution >= 0.6 is 0 Å². The molecule has 0 spiro atoms. The van der Waals surface area contributed by atoms with Gasteiger partial charge in [-0.15, -0.1) is 0 Å². The second kappa shape index (κ2) is 5.76. The number of aryl methyl sites for hydroxylation is 1. The van der Waals surface area contributed by atoms with E-state index in [1.807, 2.05) is 7.05 Å². The van der Waals surface area contributed by atoms with Crippen molar-refractivity contribution in [3.05, 3.63) is 11.4 Å². The SMILES string of the molecule is CCCc1nc(NC)c(C)c(NC2(C)CCCC2)n1. The van der Waals surface area contributed by atoms with Crippen molar-refractivity contribution in [1.29, 1.82) is 0 Å². The number of nitrogens with one attached hydrogen (secondary N) is 2. The average molecular weight is 262 g/mol. The summed E-state index contributed by atoms with van der Waals surface area (Å²) in [5, 5.41) is 6.85. The molecule has 4 nitrogen and oxygen atoms in total. The van der Waals surface area contributed by atoms with Gasteiger partial charge in [-0.25, -0.2) is 9.97 Å². The molecule has 0 unspecified atom stereocenters. The first-order chi connectivity index (χ1) is 9.08. The molecule has 0 saturated heterocycles. The van der Waals surface area contributed by atoms with Gasteiger partial charge >= 0.3 is 0 Å². The van der Waals surface area contributed by atoms with Crippen LogP contribution in [-0.4, -0.2) is 22.6 Å². The third-order valence-electron chi connectivity index (χ3n) is 4.03. The van der Waals surface area contributed by atoms with E-state index in [0.29, 0.717) is 0 Å². The van der Waals surface area contributed by atoms with Gasteiger partial charge < -0.3 is 10.6 Å². The van der Waals surface area contributed by atoms with E-state index in [-0.39, 0.29) is 5.54 Å². The fourth-order valence-corrected chi connectivity index (χ4v) is 2.83. The van der Waals surface area contributed by atoms with E-state index >= 15 is 0 Å². The molecule has 0 bridgehead atoms. The summed E-state index contributed by atoms with van der Waals surface area (Å²) in [5.74, 6) is 2.89. The monoisotopic (exact) mass is 262 g/mol. The summed E-state index contributed by atoms with van der Waals surface area (Å²) in [7, 11) is 1.92. The lowest BCUT2D eigenvalue weighted by Crippen LogP contribution is -2.32. The molecule has 0 radical (unpaired) electrons. The molecule has 2 N–H and O–H groups in total. The van der Waals surface area contributed by atoms with Crippen molar-refractivity contribution < 1.29 is 0 Å². The molecule has 1 aromatic heterocycles. The van der Waals surface area contributed by atoms with E-state index in [9.17, 15) is 0 Å². The molecule has 1 aromatic rings. The molecule has 19 heavy (non-hydrogen) atoms. The predicted molar refractivity (Wildman–Crippen MR) is 80.8 cm³/mol. The molecule has 1 aliphatic carbocycles. The van der Waals surface area contributed by atoms with E-state index in [1.165, 1.54) is 25.7 Å². The van der Waals surface area contributed by atoms with Gasteiger partial charge in [0.25, 0.3) is 0 Å². The lowest BCUT2D eigenvalue weighted by Gasteiger charge is -2.27. The molecule has 1 fully saturated rings. The predicted octanol–water partition coefficient (Wildman–Crippen LogP) is 3.52. The largest absolute Gasteiger partial charge is 0.373 e. The lowest BCUT2D eigenvalue weighted by molar-refractivity contribution is 0.529. The van der Waals surface area contributed by atoms with Gasteiger partial charge in [0.05, 0.1) is 0 Å². The standard InChI is InChI=1S/C15H26N4/c1-5-8-12-17-13(16-4)11(2)14(18-12)19-15(3)9-6-7-10-15/h5-10H2,1-4H3,(H2,16,17,18,19). The first kappa shape index (κ1) is 14.1. The van der Waals surface area contributed by atoms with Gasteiger partial charge in [-0.3, -0.25) is 0 Å². The Hall–Kier alpha value is -1.32. The van der Waals surface area contributed by atoms with Crippen LogP contribution in [0.15, 0.2) is 0 Å². The van der Waals surface area contributed by atoms with Gasteiger partial charge in [0.2, 0.25) is 0 Å². The van der Waals surface area contributed by atoms with Gasteiger partial charge in [-0.1, -0.05) is 19.8 Å². The van der Waals surface area contributed by atoms with Crippen molar-refractivity contribution in [2.45, 2.75) is 64.8 Å². The van der Waals surface area contributed by atoms with Crippen molar-refractivity contribution in [3.63, 3.8) is 0 Å². The number of hydrogen-bond acceptors (Lipinski definition) is 4. The Kier molecular flexibility index (Phi) is 4.27. The Morgan fingerprint density at radius 1 is 1.16 bits per heavy atom. The minimum atomic E-state index is 0.202. The first-order valence-corrected chi connectivity index (χ1v) is 7.41. The summed E-state index contributed by atoms with van der Waals surface area (Å²) in [5.41, 5.74) is 1.32. The smallest absolute Gasteiger partial charge is 0.135 e.